The standard InChI is InChI=1S/C15H19F5O2/c1-14(16,17)13(15(18,19)20)22-12(21)11-9-3-7-2-8(5-9)6-10(11)4-7/h7-11,13H,2-6H2,1H3. The molecular weight excluding hydrogens is 307 g/mol. The average molecular weight is 326 g/mol. The minimum absolute atomic E-state index is 0.00288. The summed E-state index contributed by atoms with van der Waals surface area (Å²) in [5.74, 6) is -4.78. The zero-order valence-electron chi connectivity index (χ0n) is 12.2. The summed E-state index contributed by atoms with van der Waals surface area (Å²) in [6, 6.07) is 0. The first-order chi connectivity index (χ1) is 10.1. The molecule has 2 nitrogen and oxygen atoms in total. The number of esters is 1. The Morgan fingerprint density at radius 1 is 0.955 bits per heavy atom. The van der Waals surface area contributed by atoms with Crippen molar-refractivity contribution in [2.24, 2.45) is 29.6 Å². The number of hydrogen-bond donors (Lipinski definition) is 0. The van der Waals surface area contributed by atoms with Crippen molar-refractivity contribution < 1.29 is 31.5 Å². The van der Waals surface area contributed by atoms with Gasteiger partial charge in [0, 0.05) is 6.92 Å². The highest BCUT2D eigenvalue weighted by Gasteiger charge is 2.58. The molecule has 0 saturated heterocycles. The molecule has 4 bridgehead atoms. The fourth-order valence-corrected chi connectivity index (χ4v) is 4.96. The molecule has 1 atom stereocenters. The Kier molecular flexibility index (Phi) is 3.68. The van der Waals surface area contributed by atoms with Crippen molar-refractivity contribution in [1.82, 2.24) is 0 Å². The fraction of sp³-hybridized carbons (Fsp3) is 0.933. The first kappa shape index (κ1) is 16.0. The third-order valence-corrected chi connectivity index (χ3v) is 5.49. The van der Waals surface area contributed by atoms with Crippen LogP contribution >= 0.6 is 0 Å². The van der Waals surface area contributed by atoms with E-state index in [1.54, 1.807) is 0 Å². The van der Waals surface area contributed by atoms with Crippen molar-refractivity contribution >= 4 is 5.97 Å². The maximum atomic E-state index is 13.2. The van der Waals surface area contributed by atoms with Crippen LogP contribution in [0.25, 0.3) is 0 Å². The molecule has 4 aliphatic rings. The maximum Gasteiger partial charge on any atom is 0.431 e. The topological polar surface area (TPSA) is 26.3 Å². The number of ether oxygens (including phenoxy) is 1. The summed E-state index contributed by atoms with van der Waals surface area (Å²) in [4.78, 5) is 12.2. The normalized spacial score (nSPS) is 38.9. The van der Waals surface area contributed by atoms with E-state index in [-0.39, 0.29) is 18.8 Å². The van der Waals surface area contributed by atoms with Crippen molar-refractivity contribution in [2.45, 2.75) is 57.2 Å². The highest BCUT2D eigenvalue weighted by atomic mass is 19.4. The number of rotatable bonds is 3. The van der Waals surface area contributed by atoms with E-state index >= 15 is 0 Å². The largest absolute Gasteiger partial charge is 0.446 e. The smallest absolute Gasteiger partial charge is 0.431 e. The SMILES string of the molecule is CC(F)(F)C(OC(=O)C1C2CC3CC(C2)CC1C3)C(F)(F)F. The van der Waals surface area contributed by atoms with Crippen molar-refractivity contribution in [3.63, 3.8) is 0 Å². The summed E-state index contributed by atoms with van der Waals surface area (Å²) in [5, 5.41) is 0. The van der Waals surface area contributed by atoms with Crippen LogP contribution in [0.3, 0.4) is 0 Å². The van der Waals surface area contributed by atoms with Gasteiger partial charge in [0.1, 0.15) is 0 Å². The van der Waals surface area contributed by atoms with Gasteiger partial charge in [-0.05, 0) is 55.8 Å². The first-order valence-corrected chi connectivity index (χ1v) is 7.70. The van der Waals surface area contributed by atoms with E-state index in [4.69, 9.17) is 0 Å². The zero-order valence-corrected chi connectivity index (χ0v) is 12.2. The van der Waals surface area contributed by atoms with Gasteiger partial charge in [0.05, 0.1) is 5.92 Å². The van der Waals surface area contributed by atoms with Gasteiger partial charge in [0.25, 0.3) is 12.0 Å². The molecule has 0 radical (unpaired) electrons. The second-order valence-electron chi connectivity index (χ2n) is 7.27. The molecule has 0 aromatic carbocycles. The van der Waals surface area contributed by atoms with Crippen LogP contribution in [0.4, 0.5) is 22.0 Å². The Hall–Kier alpha value is -0.880. The van der Waals surface area contributed by atoms with E-state index in [0.29, 0.717) is 11.8 Å². The molecule has 0 spiro atoms. The number of halogens is 5. The fourth-order valence-electron chi connectivity index (χ4n) is 4.96. The van der Waals surface area contributed by atoms with E-state index in [0.717, 1.165) is 32.1 Å². The molecule has 7 heteroatoms. The molecular formula is C15H19F5O2. The molecule has 0 aliphatic heterocycles. The van der Waals surface area contributed by atoms with Crippen LogP contribution in [0.1, 0.15) is 39.0 Å². The average Bonchev–Trinajstić information content (AvgIpc) is 2.31. The lowest BCUT2D eigenvalue weighted by Crippen LogP contribution is -2.52. The Balaban J connectivity index is 1.74. The molecule has 22 heavy (non-hydrogen) atoms. The molecule has 0 amide bonds. The number of hydrogen-bond acceptors (Lipinski definition) is 2. The summed E-state index contributed by atoms with van der Waals surface area (Å²) in [6.45, 7) is 0.134. The lowest BCUT2D eigenvalue weighted by Gasteiger charge is -2.53. The Bertz CT molecular complexity index is 412. The number of carbonyl (C=O) groups excluding carboxylic acids is 1. The summed E-state index contributed by atoms with van der Waals surface area (Å²) >= 11 is 0. The highest BCUT2D eigenvalue weighted by molar-refractivity contribution is 5.74. The quantitative estimate of drug-likeness (QED) is 0.574. The van der Waals surface area contributed by atoms with E-state index in [1.807, 2.05) is 0 Å². The minimum Gasteiger partial charge on any atom is -0.446 e. The van der Waals surface area contributed by atoms with E-state index in [9.17, 15) is 26.7 Å². The van der Waals surface area contributed by atoms with Gasteiger partial charge in [-0.25, -0.2) is 8.78 Å². The van der Waals surface area contributed by atoms with Crippen molar-refractivity contribution in [3.05, 3.63) is 0 Å². The second kappa shape index (κ2) is 5.06. The Morgan fingerprint density at radius 2 is 1.41 bits per heavy atom. The van der Waals surface area contributed by atoms with Crippen LogP contribution < -0.4 is 0 Å². The Morgan fingerprint density at radius 3 is 1.77 bits per heavy atom. The van der Waals surface area contributed by atoms with Crippen molar-refractivity contribution in [1.29, 1.82) is 0 Å². The van der Waals surface area contributed by atoms with Gasteiger partial charge in [-0.15, -0.1) is 0 Å². The lowest BCUT2D eigenvalue weighted by atomic mass is 9.52. The van der Waals surface area contributed by atoms with E-state index < -0.39 is 30.1 Å². The molecule has 0 N–H and O–H groups in total. The first-order valence-electron chi connectivity index (χ1n) is 7.70. The van der Waals surface area contributed by atoms with Gasteiger partial charge in [-0.3, -0.25) is 4.79 Å². The van der Waals surface area contributed by atoms with E-state index in [1.165, 1.54) is 0 Å². The summed E-state index contributed by atoms with van der Waals surface area (Å²) in [7, 11) is 0. The van der Waals surface area contributed by atoms with Gasteiger partial charge < -0.3 is 4.74 Å². The van der Waals surface area contributed by atoms with Crippen molar-refractivity contribution in [2.75, 3.05) is 0 Å². The molecule has 4 rings (SSSR count). The molecule has 4 saturated carbocycles. The van der Waals surface area contributed by atoms with E-state index in [2.05, 4.69) is 4.74 Å². The zero-order chi connectivity index (χ0) is 16.3. The highest BCUT2D eigenvalue weighted by Crippen LogP contribution is 2.57. The predicted molar refractivity (Wildman–Crippen MR) is 67.1 cm³/mol. The molecule has 0 aromatic rings. The van der Waals surface area contributed by atoms with Crippen LogP contribution in [0.2, 0.25) is 0 Å². The third-order valence-electron chi connectivity index (χ3n) is 5.49. The van der Waals surface area contributed by atoms with Gasteiger partial charge in [0.2, 0.25) is 0 Å². The van der Waals surface area contributed by atoms with Gasteiger partial charge >= 0.3 is 12.1 Å². The summed E-state index contributed by atoms with van der Waals surface area (Å²) in [6.07, 6.45) is -4.24. The molecule has 0 heterocycles. The monoisotopic (exact) mass is 326 g/mol. The third kappa shape index (κ3) is 2.83. The number of carbonyl (C=O) groups is 1. The maximum absolute atomic E-state index is 13.2. The molecule has 4 aliphatic carbocycles. The van der Waals surface area contributed by atoms with Crippen LogP contribution in [0.15, 0.2) is 0 Å². The molecule has 126 valence electrons. The Labute approximate surface area is 125 Å². The van der Waals surface area contributed by atoms with Crippen LogP contribution in [0, 0.1) is 29.6 Å². The predicted octanol–water partition coefficient (Wildman–Crippen LogP) is 4.19. The number of alkyl halides is 5. The minimum atomic E-state index is -5.26. The van der Waals surface area contributed by atoms with Crippen LogP contribution in [-0.2, 0) is 9.53 Å². The van der Waals surface area contributed by atoms with Crippen molar-refractivity contribution in [3.8, 4) is 0 Å². The van der Waals surface area contributed by atoms with Gasteiger partial charge in [0.15, 0.2) is 0 Å². The van der Waals surface area contributed by atoms with Crippen LogP contribution in [0.5, 0.6) is 0 Å². The molecule has 0 aromatic heterocycles. The second-order valence-corrected chi connectivity index (χ2v) is 7.27. The lowest BCUT2D eigenvalue weighted by molar-refractivity contribution is -0.277. The van der Waals surface area contributed by atoms with Gasteiger partial charge in [-0.2, -0.15) is 13.2 Å². The summed E-state index contributed by atoms with van der Waals surface area (Å²) < 4.78 is 68.9. The van der Waals surface area contributed by atoms with Gasteiger partial charge in [-0.1, -0.05) is 0 Å². The molecule has 1 unspecified atom stereocenters. The molecule has 4 fully saturated rings. The van der Waals surface area contributed by atoms with Crippen LogP contribution in [-0.4, -0.2) is 24.2 Å². The summed E-state index contributed by atoms with van der Waals surface area (Å²) in [5.41, 5.74) is 0.